The fraction of sp³-hybridized carbons (Fsp3) is 0.455. The molecule has 78 valence electrons. The lowest BCUT2D eigenvalue weighted by molar-refractivity contribution is 0.453. The fourth-order valence-corrected chi connectivity index (χ4v) is 1.60. The van der Waals surface area contributed by atoms with Crippen molar-refractivity contribution in [2.45, 2.75) is 25.8 Å². The quantitative estimate of drug-likeness (QED) is 0.757. The van der Waals surface area contributed by atoms with E-state index in [9.17, 15) is 5.11 Å². The molecule has 0 amide bonds. The zero-order valence-corrected chi connectivity index (χ0v) is 9.52. The van der Waals surface area contributed by atoms with Crippen LogP contribution in [0.15, 0.2) is 12.1 Å². The molecule has 2 nitrogen and oxygen atoms in total. The second kappa shape index (κ2) is 4.67. The Morgan fingerprint density at radius 2 is 2.14 bits per heavy atom. The van der Waals surface area contributed by atoms with E-state index < -0.39 is 0 Å². The molecule has 0 aliphatic heterocycles. The predicted octanol–water partition coefficient (Wildman–Crippen LogP) is 2.72. The number of alkyl halides is 1. The van der Waals surface area contributed by atoms with Crippen molar-refractivity contribution in [1.82, 2.24) is 5.32 Å². The van der Waals surface area contributed by atoms with Crippen molar-refractivity contribution in [2.75, 3.05) is 7.05 Å². The van der Waals surface area contributed by atoms with Crippen LogP contribution in [0.25, 0.3) is 0 Å². The molecule has 0 aliphatic carbocycles. The van der Waals surface area contributed by atoms with Gasteiger partial charge < -0.3 is 10.4 Å². The number of hydrogen-bond donors (Lipinski definition) is 2. The van der Waals surface area contributed by atoms with Crippen molar-refractivity contribution >= 4 is 11.6 Å². The van der Waals surface area contributed by atoms with Gasteiger partial charge in [-0.05, 0) is 38.1 Å². The second-order valence-electron chi connectivity index (χ2n) is 3.49. The van der Waals surface area contributed by atoms with Gasteiger partial charge in [0.05, 0.1) is 0 Å². The first-order valence-electron chi connectivity index (χ1n) is 4.65. The number of nitrogens with one attached hydrogen (secondary N) is 1. The third-order valence-corrected chi connectivity index (χ3v) is 2.75. The number of phenolic OH excluding ortho intramolecular Hbond substituents is 1. The number of aromatic hydroxyl groups is 1. The monoisotopic (exact) mass is 213 g/mol. The topological polar surface area (TPSA) is 32.3 Å². The van der Waals surface area contributed by atoms with Crippen molar-refractivity contribution < 1.29 is 5.11 Å². The first-order valence-corrected chi connectivity index (χ1v) is 5.19. The zero-order chi connectivity index (χ0) is 10.7. The van der Waals surface area contributed by atoms with Crippen LogP contribution in [-0.4, -0.2) is 12.2 Å². The minimum absolute atomic E-state index is 0.136. The molecule has 0 saturated heterocycles. The highest BCUT2D eigenvalue weighted by molar-refractivity contribution is 6.17. The summed E-state index contributed by atoms with van der Waals surface area (Å²) in [6, 6.07) is 3.99. The largest absolute Gasteiger partial charge is 0.507 e. The molecule has 0 aromatic heterocycles. The molecule has 0 saturated carbocycles. The van der Waals surface area contributed by atoms with Crippen LogP contribution in [0.5, 0.6) is 5.75 Å². The van der Waals surface area contributed by atoms with Gasteiger partial charge in [0.1, 0.15) is 5.75 Å². The highest BCUT2D eigenvalue weighted by Gasteiger charge is 2.11. The highest BCUT2D eigenvalue weighted by Crippen LogP contribution is 2.29. The summed E-state index contributed by atoms with van der Waals surface area (Å²) in [5.74, 6) is 0.839. The van der Waals surface area contributed by atoms with E-state index in [0.717, 1.165) is 16.7 Å². The molecule has 1 rings (SSSR count). The lowest BCUT2D eigenvalue weighted by Crippen LogP contribution is -2.13. The zero-order valence-electron chi connectivity index (χ0n) is 8.76. The molecule has 0 fully saturated rings. The van der Waals surface area contributed by atoms with E-state index in [1.165, 1.54) is 0 Å². The Morgan fingerprint density at radius 1 is 1.50 bits per heavy atom. The summed E-state index contributed by atoms with van der Waals surface area (Å²) in [6.07, 6.45) is 0. The summed E-state index contributed by atoms with van der Waals surface area (Å²) in [4.78, 5) is 0. The van der Waals surface area contributed by atoms with Crippen LogP contribution in [0, 0.1) is 6.92 Å². The molecule has 0 unspecified atom stereocenters. The molecule has 0 aliphatic rings. The number of aryl methyl sites for hydroxylation is 1. The highest BCUT2D eigenvalue weighted by atomic mass is 35.5. The SMILES string of the molecule is CN[C@@H](C)c1cc(CCl)cc(C)c1O. The lowest BCUT2D eigenvalue weighted by atomic mass is 10.0. The summed E-state index contributed by atoms with van der Waals surface area (Å²) >= 11 is 5.77. The normalized spacial score (nSPS) is 12.9. The molecule has 1 aromatic rings. The third-order valence-electron chi connectivity index (χ3n) is 2.44. The molecule has 1 atom stereocenters. The Morgan fingerprint density at radius 3 is 2.64 bits per heavy atom. The minimum Gasteiger partial charge on any atom is -0.507 e. The third kappa shape index (κ3) is 2.20. The molecule has 14 heavy (non-hydrogen) atoms. The van der Waals surface area contributed by atoms with E-state index in [-0.39, 0.29) is 6.04 Å². The molecular weight excluding hydrogens is 198 g/mol. The second-order valence-corrected chi connectivity index (χ2v) is 3.76. The van der Waals surface area contributed by atoms with Crippen molar-refractivity contribution in [1.29, 1.82) is 0 Å². The maximum atomic E-state index is 9.84. The van der Waals surface area contributed by atoms with E-state index in [0.29, 0.717) is 11.6 Å². The smallest absolute Gasteiger partial charge is 0.123 e. The van der Waals surface area contributed by atoms with Crippen LogP contribution in [0.4, 0.5) is 0 Å². The van der Waals surface area contributed by atoms with Crippen molar-refractivity contribution in [3.8, 4) is 5.75 Å². The summed E-state index contributed by atoms with van der Waals surface area (Å²) < 4.78 is 0. The molecule has 2 N–H and O–H groups in total. The number of halogens is 1. The van der Waals surface area contributed by atoms with Gasteiger partial charge in [0.15, 0.2) is 0 Å². The standard InChI is InChI=1S/C11H16ClNO/c1-7-4-9(6-12)5-10(11(7)14)8(2)13-3/h4-5,8,13-14H,6H2,1-3H3/t8-/m0/s1. The van der Waals surface area contributed by atoms with Crippen molar-refractivity contribution in [2.24, 2.45) is 0 Å². The van der Waals surface area contributed by atoms with Gasteiger partial charge in [-0.1, -0.05) is 6.07 Å². The maximum Gasteiger partial charge on any atom is 0.123 e. The van der Waals surface area contributed by atoms with Gasteiger partial charge in [-0.25, -0.2) is 0 Å². The summed E-state index contributed by atoms with van der Waals surface area (Å²) in [5, 5.41) is 12.9. The Bertz CT molecular complexity index is 325. The first-order chi connectivity index (χ1) is 6.60. The molecule has 0 radical (unpaired) electrons. The molecule has 1 aromatic carbocycles. The van der Waals surface area contributed by atoms with Crippen LogP contribution in [-0.2, 0) is 5.88 Å². The summed E-state index contributed by atoms with van der Waals surface area (Å²) in [5.41, 5.74) is 2.82. The number of phenols is 1. The first kappa shape index (κ1) is 11.3. The van der Waals surface area contributed by atoms with Gasteiger partial charge in [-0.3, -0.25) is 0 Å². The maximum absolute atomic E-state index is 9.84. The van der Waals surface area contributed by atoms with Crippen LogP contribution in [0.1, 0.15) is 29.7 Å². The van der Waals surface area contributed by atoms with E-state index in [2.05, 4.69) is 5.32 Å². The average molecular weight is 214 g/mol. The lowest BCUT2D eigenvalue weighted by Gasteiger charge is -2.15. The minimum atomic E-state index is 0.136. The van der Waals surface area contributed by atoms with Gasteiger partial charge in [-0.15, -0.1) is 11.6 Å². The molecular formula is C11H16ClNO. The van der Waals surface area contributed by atoms with Gasteiger partial charge in [0, 0.05) is 17.5 Å². The predicted molar refractivity (Wildman–Crippen MR) is 59.9 cm³/mol. The Hall–Kier alpha value is -0.730. The average Bonchev–Trinajstić information content (AvgIpc) is 2.20. The van der Waals surface area contributed by atoms with Gasteiger partial charge in [-0.2, -0.15) is 0 Å². The Kier molecular flexibility index (Phi) is 3.78. The number of hydrogen-bond acceptors (Lipinski definition) is 2. The number of benzene rings is 1. The van der Waals surface area contributed by atoms with Crippen LogP contribution in [0.3, 0.4) is 0 Å². The van der Waals surface area contributed by atoms with E-state index in [4.69, 9.17) is 11.6 Å². The van der Waals surface area contributed by atoms with Crippen LogP contribution >= 0.6 is 11.6 Å². The van der Waals surface area contributed by atoms with Crippen LogP contribution in [0.2, 0.25) is 0 Å². The summed E-state index contributed by atoms with van der Waals surface area (Å²) in [6.45, 7) is 3.89. The van der Waals surface area contributed by atoms with Crippen molar-refractivity contribution in [3.05, 3.63) is 28.8 Å². The van der Waals surface area contributed by atoms with E-state index >= 15 is 0 Å². The fourth-order valence-electron chi connectivity index (χ4n) is 1.45. The van der Waals surface area contributed by atoms with Gasteiger partial charge >= 0.3 is 0 Å². The summed E-state index contributed by atoms with van der Waals surface area (Å²) in [7, 11) is 1.87. The van der Waals surface area contributed by atoms with Gasteiger partial charge in [0.2, 0.25) is 0 Å². The molecule has 0 heterocycles. The number of rotatable bonds is 3. The van der Waals surface area contributed by atoms with E-state index in [1.807, 2.05) is 33.0 Å². The van der Waals surface area contributed by atoms with Crippen LogP contribution < -0.4 is 5.32 Å². The van der Waals surface area contributed by atoms with E-state index in [1.54, 1.807) is 0 Å². The molecule has 0 bridgehead atoms. The van der Waals surface area contributed by atoms with Crippen molar-refractivity contribution in [3.63, 3.8) is 0 Å². The Balaban J connectivity index is 3.20. The molecule has 3 heteroatoms. The Labute approximate surface area is 89.9 Å². The molecule has 0 spiro atoms. The van der Waals surface area contributed by atoms with Gasteiger partial charge in [0.25, 0.3) is 0 Å².